The summed E-state index contributed by atoms with van der Waals surface area (Å²) >= 11 is 0. The molecule has 0 aromatic carbocycles. The first kappa shape index (κ1) is 19.2. The monoisotopic (exact) mass is 393 g/mol. The largest absolute Gasteiger partial charge is 0.357 e. The van der Waals surface area contributed by atoms with Crippen molar-refractivity contribution in [2.24, 2.45) is 4.99 Å². The smallest absolute Gasteiger partial charge is 0.191 e. The van der Waals surface area contributed by atoms with Crippen molar-refractivity contribution in [3.8, 4) is 0 Å². The number of aliphatic imine (C=N–C) groups is 1. The van der Waals surface area contributed by atoms with E-state index in [4.69, 9.17) is 0 Å². The zero-order valence-electron chi connectivity index (χ0n) is 13.2. The number of nitrogens with one attached hydrogen (secondary N) is 3. The van der Waals surface area contributed by atoms with Crippen LogP contribution >= 0.6 is 24.0 Å². The molecule has 0 bridgehead atoms. The molecule has 0 atom stereocenters. The van der Waals surface area contributed by atoms with E-state index in [9.17, 15) is 0 Å². The van der Waals surface area contributed by atoms with Gasteiger partial charge in [0.15, 0.2) is 5.96 Å². The number of aryl methyl sites for hydroxylation is 2. The van der Waals surface area contributed by atoms with Crippen LogP contribution in [0.15, 0.2) is 11.2 Å². The van der Waals surface area contributed by atoms with Crippen LogP contribution in [0.2, 0.25) is 0 Å². The number of rotatable bonds is 5. The van der Waals surface area contributed by atoms with E-state index >= 15 is 0 Å². The van der Waals surface area contributed by atoms with Crippen LogP contribution < -0.4 is 10.6 Å². The summed E-state index contributed by atoms with van der Waals surface area (Å²) in [7, 11) is 0. The van der Waals surface area contributed by atoms with Gasteiger partial charge in [0.1, 0.15) is 0 Å². The van der Waals surface area contributed by atoms with Crippen LogP contribution in [0.4, 0.5) is 0 Å². The number of aromatic amines is 1. The molecule has 0 spiro atoms. The molecule has 1 rings (SSSR count). The van der Waals surface area contributed by atoms with Gasteiger partial charge in [-0.3, -0.25) is 10.1 Å². The van der Waals surface area contributed by atoms with Gasteiger partial charge in [0.2, 0.25) is 0 Å². The van der Waals surface area contributed by atoms with Crippen LogP contribution in [0.3, 0.4) is 0 Å². The van der Waals surface area contributed by atoms with Crippen LogP contribution in [-0.4, -0.2) is 34.8 Å². The molecular formula is C14H28IN5. The molecule has 0 saturated carbocycles. The Morgan fingerprint density at radius 1 is 1.40 bits per heavy atom. The van der Waals surface area contributed by atoms with Crippen LogP contribution in [0.5, 0.6) is 0 Å². The summed E-state index contributed by atoms with van der Waals surface area (Å²) in [6.45, 7) is 12.2. The van der Waals surface area contributed by atoms with E-state index in [1.54, 1.807) is 0 Å². The molecule has 1 heterocycles. The summed E-state index contributed by atoms with van der Waals surface area (Å²) in [4.78, 5) is 4.59. The quantitative estimate of drug-likeness (QED) is 0.312. The van der Waals surface area contributed by atoms with Gasteiger partial charge in [-0.15, -0.1) is 24.0 Å². The zero-order chi connectivity index (χ0) is 14.3. The summed E-state index contributed by atoms with van der Waals surface area (Å²) < 4.78 is 0. The van der Waals surface area contributed by atoms with Gasteiger partial charge in [0, 0.05) is 24.3 Å². The summed E-state index contributed by atoms with van der Waals surface area (Å²) in [5.74, 6) is 0.888. The Bertz CT molecular complexity index is 406. The summed E-state index contributed by atoms with van der Waals surface area (Å²) in [6, 6.07) is 0. The van der Waals surface area contributed by atoms with E-state index in [1.807, 2.05) is 6.20 Å². The molecule has 1 aromatic heterocycles. The van der Waals surface area contributed by atoms with Crippen LogP contribution in [0, 0.1) is 6.92 Å². The lowest BCUT2D eigenvalue weighted by atomic mass is 10.1. The highest BCUT2D eigenvalue weighted by atomic mass is 127. The molecule has 6 heteroatoms. The average Bonchev–Trinajstić information content (AvgIpc) is 2.68. The SMILES string of the molecule is CCNC(=NCCCc1cn[nH]c1C)NC(C)(C)C.I. The Labute approximate surface area is 139 Å². The highest BCUT2D eigenvalue weighted by molar-refractivity contribution is 14.0. The number of H-pyrrole nitrogens is 1. The molecule has 0 aliphatic carbocycles. The summed E-state index contributed by atoms with van der Waals surface area (Å²) in [6.07, 6.45) is 3.94. The number of guanidine groups is 1. The number of halogens is 1. The lowest BCUT2D eigenvalue weighted by molar-refractivity contribution is 0.501. The molecule has 0 aliphatic heterocycles. The standard InChI is InChI=1S/C14H27N5.HI/c1-6-15-13(18-14(3,4)5)16-9-7-8-12-10-17-19-11(12)2;/h10H,6-9H2,1-5H3,(H,17,19)(H2,15,16,18);1H. The summed E-state index contributed by atoms with van der Waals surface area (Å²) in [5.41, 5.74) is 2.47. The van der Waals surface area contributed by atoms with E-state index in [0.29, 0.717) is 0 Å². The van der Waals surface area contributed by atoms with Gasteiger partial charge in [-0.1, -0.05) is 0 Å². The van der Waals surface area contributed by atoms with E-state index < -0.39 is 0 Å². The second-order valence-electron chi connectivity index (χ2n) is 5.76. The normalized spacial score (nSPS) is 11.9. The van der Waals surface area contributed by atoms with E-state index in [1.165, 1.54) is 5.56 Å². The number of aromatic nitrogens is 2. The second-order valence-corrected chi connectivity index (χ2v) is 5.76. The third-order valence-electron chi connectivity index (χ3n) is 2.65. The van der Waals surface area contributed by atoms with Crippen molar-refractivity contribution in [2.45, 2.75) is 53.0 Å². The molecule has 0 fully saturated rings. The minimum atomic E-state index is 0. The van der Waals surface area contributed by atoms with Crippen molar-refractivity contribution in [1.82, 2.24) is 20.8 Å². The number of hydrogen-bond acceptors (Lipinski definition) is 2. The average molecular weight is 393 g/mol. The van der Waals surface area contributed by atoms with E-state index in [0.717, 1.165) is 37.6 Å². The van der Waals surface area contributed by atoms with E-state index in [-0.39, 0.29) is 29.5 Å². The lowest BCUT2D eigenvalue weighted by Gasteiger charge is -2.23. The third kappa shape index (κ3) is 7.72. The maximum absolute atomic E-state index is 4.59. The van der Waals surface area contributed by atoms with Crippen molar-refractivity contribution in [3.63, 3.8) is 0 Å². The Morgan fingerprint density at radius 2 is 2.10 bits per heavy atom. The lowest BCUT2D eigenvalue weighted by Crippen LogP contribution is -2.47. The number of nitrogens with zero attached hydrogens (tertiary/aromatic N) is 2. The molecule has 0 saturated heterocycles. The Morgan fingerprint density at radius 3 is 2.60 bits per heavy atom. The molecule has 20 heavy (non-hydrogen) atoms. The second kappa shape index (κ2) is 9.20. The molecule has 116 valence electrons. The van der Waals surface area contributed by atoms with E-state index in [2.05, 4.69) is 60.4 Å². The molecule has 1 aromatic rings. The zero-order valence-corrected chi connectivity index (χ0v) is 15.5. The summed E-state index contributed by atoms with van der Waals surface area (Å²) in [5, 5.41) is 13.6. The Balaban J connectivity index is 0.00000361. The fourth-order valence-corrected chi connectivity index (χ4v) is 1.75. The minimum Gasteiger partial charge on any atom is -0.357 e. The van der Waals surface area contributed by atoms with Crippen molar-refractivity contribution >= 4 is 29.9 Å². The van der Waals surface area contributed by atoms with Crippen molar-refractivity contribution in [3.05, 3.63) is 17.5 Å². The van der Waals surface area contributed by atoms with Crippen molar-refractivity contribution in [2.75, 3.05) is 13.1 Å². The molecule has 0 unspecified atom stereocenters. The maximum atomic E-state index is 4.59. The topological polar surface area (TPSA) is 65.1 Å². The van der Waals surface area contributed by atoms with Gasteiger partial charge >= 0.3 is 0 Å². The molecule has 3 N–H and O–H groups in total. The molecule has 0 radical (unpaired) electrons. The maximum Gasteiger partial charge on any atom is 0.191 e. The van der Waals surface area contributed by atoms with Crippen molar-refractivity contribution < 1.29 is 0 Å². The fourth-order valence-electron chi connectivity index (χ4n) is 1.75. The molecular weight excluding hydrogens is 365 g/mol. The van der Waals surface area contributed by atoms with Gasteiger partial charge in [0.05, 0.1) is 6.20 Å². The first-order chi connectivity index (χ1) is 8.92. The fraction of sp³-hybridized carbons (Fsp3) is 0.714. The van der Waals surface area contributed by atoms with Crippen LogP contribution in [-0.2, 0) is 6.42 Å². The Hall–Kier alpha value is -0.790. The predicted molar refractivity (Wildman–Crippen MR) is 95.9 cm³/mol. The third-order valence-corrected chi connectivity index (χ3v) is 2.65. The van der Waals surface area contributed by atoms with Gasteiger partial charge in [-0.05, 0) is 53.0 Å². The highest BCUT2D eigenvalue weighted by Gasteiger charge is 2.11. The van der Waals surface area contributed by atoms with Crippen LogP contribution in [0.1, 0.15) is 45.4 Å². The van der Waals surface area contributed by atoms with Gasteiger partial charge in [0.25, 0.3) is 0 Å². The molecule has 0 amide bonds. The van der Waals surface area contributed by atoms with Gasteiger partial charge < -0.3 is 10.6 Å². The molecule has 5 nitrogen and oxygen atoms in total. The first-order valence-electron chi connectivity index (χ1n) is 6.97. The first-order valence-corrected chi connectivity index (χ1v) is 6.97. The van der Waals surface area contributed by atoms with Gasteiger partial charge in [-0.2, -0.15) is 5.10 Å². The Kier molecular flexibility index (Phi) is 8.84. The highest BCUT2D eigenvalue weighted by Crippen LogP contribution is 2.05. The van der Waals surface area contributed by atoms with Gasteiger partial charge in [-0.25, -0.2) is 0 Å². The van der Waals surface area contributed by atoms with Crippen LogP contribution in [0.25, 0.3) is 0 Å². The number of hydrogen-bond donors (Lipinski definition) is 3. The molecule has 0 aliphatic rings. The predicted octanol–water partition coefficient (Wildman–Crippen LogP) is 2.62. The van der Waals surface area contributed by atoms with Crippen molar-refractivity contribution in [1.29, 1.82) is 0 Å². The minimum absolute atomic E-state index is 0.